The van der Waals surface area contributed by atoms with Crippen molar-refractivity contribution < 1.29 is 0 Å². The highest BCUT2D eigenvalue weighted by Gasteiger charge is 2.18. The Kier molecular flexibility index (Phi) is 4.34. The maximum atomic E-state index is 5.71. The molecule has 0 saturated carbocycles. The van der Waals surface area contributed by atoms with E-state index in [-0.39, 0.29) is 6.04 Å². The van der Waals surface area contributed by atoms with Crippen LogP contribution in [0.2, 0.25) is 0 Å². The fourth-order valence-electron chi connectivity index (χ4n) is 1.73. The first-order chi connectivity index (χ1) is 7.49. The van der Waals surface area contributed by atoms with Gasteiger partial charge in [0.2, 0.25) is 5.96 Å². The zero-order chi connectivity index (χ0) is 12.1. The lowest BCUT2D eigenvalue weighted by Crippen LogP contribution is -2.37. The third-order valence-corrected chi connectivity index (χ3v) is 2.52. The summed E-state index contributed by atoms with van der Waals surface area (Å²) < 4.78 is 0. The van der Waals surface area contributed by atoms with Crippen LogP contribution in [0.15, 0.2) is 22.4 Å². The summed E-state index contributed by atoms with van der Waals surface area (Å²) in [7, 11) is 0. The number of nitrogens with zero attached hydrogens (tertiary/aromatic N) is 3. The zero-order valence-corrected chi connectivity index (χ0v) is 10.1. The van der Waals surface area contributed by atoms with Crippen molar-refractivity contribution in [3.63, 3.8) is 0 Å². The van der Waals surface area contributed by atoms with Gasteiger partial charge < -0.3 is 16.4 Å². The quantitative estimate of drug-likeness (QED) is 0.533. The summed E-state index contributed by atoms with van der Waals surface area (Å²) in [5.41, 5.74) is 12.3. The number of hydrogen-bond acceptors (Lipinski definition) is 3. The highest BCUT2D eigenvalue weighted by molar-refractivity contribution is 5.93. The van der Waals surface area contributed by atoms with Gasteiger partial charge in [-0.15, -0.1) is 0 Å². The van der Waals surface area contributed by atoms with E-state index in [9.17, 15) is 0 Å². The van der Waals surface area contributed by atoms with Gasteiger partial charge in [0.25, 0.3) is 0 Å². The molecule has 0 unspecified atom stereocenters. The summed E-state index contributed by atoms with van der Waals surface area (Å²) in [5.74, 6) is 1.02. The number of piperidine rings is 1. The molecule has 0 aromatic rings. The Labute approximate surface area is 96.9 Å². The summed E-state index contributed by atoms with van der Waals surface area (Å²) in [6.45, 7) is 9.33. The van der Waals surface area contributed by atoms with Crippen LogP contribution >= 0.6 is 0 Å². The van der Waals surface area contributed by atoms with Crippen molar-refractivity contribution in [2.24, 2.45) is 21.5 Å². The molecule has 0 amide bonds. The predicted octanol–water partition coefficient (Wildman–Crippen LogP) is 0.676. The molecule has 90 valence electrons. The average Bonchev–Trinajstić information content (AvgIpc) is 2.16. The Morgan fingerprint density at radius 1 is 1.25 bits per heavy atom. The van der Waals surface area contributed by atoms with Crippen LogP contribution in [-0.2, 0) is 0 Å². The number of likely N-dealkylation sites (tertiary alicyclic amines) is 1. The van der Waals surface area contributed by atoms with Crippen LogP contribution in [0, 0.1) is 0 Å². The standard InChI is InChI=1S/C11H21N5/c1-8(2)14-11(13)15-10-4-6-16(7-5-10)9(3)12/h10H,3-7,12H2,1-2H3,(H2,13,15). The Bertz CT molecular complexity index is 306. The maximum Gasteiger partial charge on any atom is 0.215 e. The summed E-state index contributed by atoms with van der Waals surface area (Å²) >= 11 is 0. The summed E-state index contributed by atoms with van der Waals surface area (Å²) in [6.07, 6.45) is 1.91. The van der Waals surface area contributed by atoms with E-state index in [1.54, 1.807) is 0 Å². The smallest absolute Gasteiger partial charge is 0.215 e. The Morgan fingerprint density at radius 2 is 1.81 bits per heavy atom. The maximum absolute atomic E-state index is 5.71. The number of guanidine groups is 1. The van der Waals surface area contributed by atoms with E-state index in [1.807, 2.05) is 13.8 Å². The van der Waals surface area contributed by atoms with Gasteiger partial charge in [0.1, 0.15) is 0 Å². The van der Waals surface area contributed by atoms with Crippen LogP contribution in [0.1, 0.15) is 26.7 Å². The molecule has 0 aromatic heterocycles. The minimum Gasteiger partial charge on any atom is -0.386 e. The van der Waals surface area contributed by atoms with Crippen LogP contribution in [0.3, 0.4) is 0 Å². The SMILES string of the molecule is C=C(N)N1CCC(N=C(N)N=C(C)C)CC1. The molecule has 0 aromatic carbocycles. The zero-order valence-electron chi connectivity index (χ0n) is 10.1. The molecule has 1 aliphatic rings. The molecule has 5 heteroatoms. The van der Waals surface area contributed by atoms with E-state index < -0.39 is 0 Å². The number of rotatable bonds is 2. The van der Waals surface area contributed by atoms with E-state index in [0.29, 0.717) is 11.8 Å². The second kappa shape index (κ2) is 5.53. The Balaban J connectivity index is 2.48. The first-order valence-corrected chi connectivity index (χ1v) is 5.53. The molecule has 1 heterocycles. The molecule has 0 bridgehead atoms. The van der Waals surface area contributed by atoms with Crippen molar-refractivity contribution in [1.29, 1.82) is 0 Å². The first-order valence-electron chi connectivity index (χ1n) is 5.53. The fourth-order valence-corrected chi connectivity index (χ4v) is 1.73. The molecule has 0 spiro atoms. The van der Waals surface area contributed by atoms with E-state index >= 15 is 0 Å². The largest absolute Gasteiger partial charge is 0.386 e. The van der Waals surface area contributed by atoms with E-state index in [4.69, 9.17) is 11.5 Å². The number of aliphatic imine (C=N–C) groups is 2. The van der Waals surface area contributed by atoms with E-state index in [2.05, 4.69) is 21.5 Å². The van der Waals surface area contributed by atoms with Gasteiger partial charge in [0.05, 0.1) is 11.9 Å². The van der Waals surface area contributed by atoms with Gasteiger partial charge in [-0.1, -0.05) is 6.58 Å². The molecular weight excluding hydrogens is 202 g/mol. The highest BCUT2D eigenvalue weighted by Crippen LogP contribution is 2.15. The molecule has 0 radical (unpaired) electrons. The Morgan fingerprint density at radius 3 is 2.25 bits per heavy atom. The van der Waals surface area contributed by atoms with Crippen molar-refractivity contribution in [2.75, 3.05) is 13.1 Å². The first kappa shape index (κ1) is 12.5. The van der Waals surface area contributed by atoms with Crippen LogP contribution in [0.25, 0.3) is 0 Å². The summed E-state index contributed by atoms with van der Waals surface area (Å²) in [6, 6.07) is 0.263. The van der Waals surface area contributed by atoms with Crippen LogP contribution in [0.4, 0.5) is 0 Å². The third kappa shape index (κ3) is 3.92. The Hall–Kier alpha value is -1.52. The fraction of sp³-hybridized carbons (Fsp3) is 0.636. The van der Waals surface area contributed by atoms with Crippen molar-refractivity contribution >= 4 is 11.7 Å². The van der Waals surface area contributed by atoms with Gasteiger partial charge in [-0.3, -0.25) is 0 Å². The minimum absolute atomic E-state index is 0.263. The number of nitrogens with two attached hydrogens (primary N) is 2. The van der Waals surface area contributed by atoms with Gasteiger partial charge in [-0.25, -0.2) is 9.98 Å². The molecule has 16 heavy (non-hydrogen) atoms. The van der Waals surface area contributed by atoms with E-state index in [1.165, 1.54) is 0 Å². The normalized spacial score (nSPS) is 18.4. The van der Waals surface area contributed by atoms with Crippen LogP contribution in [0.5, 0.6) is 0 Å². The molecule has 0 atom stereocenters. The summed E-state index contributed by atoms with van der Waals surface area (Å²) in [4.78, 5) is 10.6. The topological polar surface area (TPSA) is 80.0 Å². The van der Waals surface area contributed by atoms with E-state index in [0.717, 1.165) is 31.6 Å². The van der Waals surface area contributed by atoms with Gasteiger partial charge in [0, 0.05) is 18.8 Å². The molecule has 1 fully saturated rings. The minimum atomic E-state index is 0.263. The van der Waals surface area contributed by atoms with Crippen molar-refractivity contribution in [3.8, 4) is 0 Å². The molecular formula is C11H21N5. The number of hydrogen-bond donors (Lipinski definition) is 2. The van der Waals surface area contributed by atoms with Gasteiger partial charge in [0.15, 0.2) is 0 Å². The van der Waals surface area contributed by atoms with Crippen LogP contribution in [-0.4, -0.2) is 35.7 Å². The lowest BCUT2D eigenvalue weighted by molar-refractivity contribution is 0.263. The molecule has 5 nitrogen and oxygen atoms in total. The molecule has 1 rings (SSSR count). The lowest BCUT2D eigenvalue weighted by Gasteiger charge is -2.31. The van der Waals surface area contributed by atoms with Crippen molar-refractivity contribution in [1.82, 2.24) is 4.90 Å². The van der Waals surface area contributed by atoms with Crippen molar-refractivity contribution in [3.05, 3.63) is 12.4 Å². The molecule has 1 aliphatic heterocycles. The lowest BCUT2D eigenvalue weighted by atomic mass is 10.1. The average molecular weight is 223 g/mol. The second-order valence-corrected chi connectivity index (χ2v) is 4.26. The molecule has 0 aliphatic carbocycles. The van der Waals surface area contributed by atoms with Crippen LogP contribution < -0.4 is 11.5 Å². The molecule has 4 N–H and O–H groups in total. The van der Waals surface area contributed by atoms with Gasteiger partial charge >= 0.3 is 0 Å². The van der Waals surface area contributed by atoms with Gasteiger partial charge in [-0.2, -0.15) is 0 Å². The van der Waals surface area contributed by atoms with Crippen molar-refractivity contribution in [2.45, 2.75) is 32.7 Å². The summed E-state index contributed by atoms with van der Waals surface area (Å²) in [5, 5.41) is 0. The predicted molar refractivity (Wildman–Crippen MR) is 68.3 cm³/mol. The monoisotopic (exact) mass is 223 g/mol. The second-order valence-electron chi connectivity index (χ2n) is 4.26. The highest BCUT2D eigenvalue weighted by atomic mass is 15.2. The third-order valence-electron chi connectivity index (χ3n) is 2.52. The molecule has 1 saturated heterocycles. The van der Waals surface area contributed by atoms with Gasteiger partial charge in [-0.05, 0) is 26.7 Å².